The Labute approximate surface area is 109 Å². The maximum Gasteiger partial charge on any atom is 0.200 e. The Bertz CT molecular complexity index is 368. The maximum absolute atomic E-state index is 9.84. The molecule has 0 saturated carbocycles. The van der Waals surface area contributed by atoms with Crippen LogP contribution in [0.4, 0.5) is 0 Å². The number of phenols is 1. The summed E-state index contributed by atoms with van der Waals surface area (Å²) >= 11 is 0. The van der Waals surface area contributed by atoms with Crippen molar-refractivity contribution in [3.63, 3.8) is 0 Å². The molecule has 0 radical (unpaired) electrons. The average Bonchev–Trinajstić information content (AvgIpc) is 2.39. The first-order valence-electron chi connectivity index (χ1n) is 6.17. The zero-order chi connectivity index (χ0) is 13.7. The number of nitrogens with zero attached hydrogens (tertiary/aromatic N) is 1. The lowest BCUT2D eigenvalue weighted by molar-refractivity contribution is 0.242. The van der Waals surface area contributed by atoms with Gasteiger partial charge in [-0.1, -0.05) is 6.92 Å². The van der Waals surface area contributed by atoms with Crippen LogP contribution in [0.5, 0.6) is 17.2 Å². The van der Waals surface area contributed by atoms with Gasteiger partial charge < -0.3 is 14.6 Å². The summed E-state index contributed by atoms with van der Waals surface area (Å²) in [6, 6.07) is 4.20. The van der Waals surface area contributed by atoms with E-state index in [-0.39, 0.29) is 5.75 Å². The molecule has 0 aromatic heterocycles. The van der Waals surface area contributed by atoms with E-state index >= 15 is 0 Å². The Hall–Kier alpha value is -1.42. The van der Waals surface area contributed by atoms with Crippen molar-refractivity contribution in [1.29, 1.82) is 0 Å². The normalized spacial score (nSPS) is 12.6. The highest BCUT2D eigenvalue weighted by Gasteiger charge is 2.13. The molecule has 4 heteroatoms. The molecule has 0 heterocycles. The number of hydrogen-bond donors (Lipinski definition) is 1. The summed E-state index contributed by atoms with van der Waals surface area (Å²) in [4.78, 5) is 2.26. The van der Waals surface area contributed by atoms with Gasteiger partial charge in [0.2, 0.25) is 5.75 Å². The summed E-state index contributed by atoms with van der Waals surface area (Å²) in [5, 5.41) is 9.84. The van der Waals surface area contributed by atoms with Gasteiger partial charge in [0.25, 0.3) is 0 Å². The van der Waals surface area contributed by atoms with Crippen molar-refractivity contribution in [3.05, 3.63) is 17.7 Å². The third-order valence-electron chi connectivity index (χ3n) is 3.31. The maximum atomic E-state index is 9.84. The van der Waals surface area contributed by atoms with Crippen molar-refractivity contribution in [2.75, 3.05) is 21.3 Å². The number of benzene rings is 1. The van der Waals surface area contributed by atoms with Gasteiger partial charge in [0.05, 0.1) is 14.2 Å². The molecule has 0 aliphatic carbocycles. The molecule has 1 rings (SSSR count). The first kappa shape index (κ1) is 14.6. The topological polar surface area (TPSA) is 41.9 Å². The van der Waals surface area contributed by atoms with E-state index in [1.165, 1.54) is 14.2 Å². The molecule has 0 bridgehead atoms. The summed E-state index contributed by atoms with van der Waals surface area (Å²) in [5.74, 6) is 0.943. The Balaban J connectivity index is 2.96. The van der Waals surface area contributed by atoms with Gasteiger partial charge in [0.15, 0.2) is 11.5 Å². The van der Waals surface area contributed by atoms with Crippen molar-refractivity contribution < 1.29 is 14.6 Å². The molecule has 18 heavy (non-hydrogen) atoms. The van der Waals surface area contributed by atoms with Crippen LogP contribution >= 0.6 is 0 Å². The van der Waals surface area contributed by atoms with Crippen molar-refractivity contribution in [2.24, 2.45) is 0 Å². The zero-order valence-corrected chi connectivity index (χ0v) is 11.9. The second-order valence-corrected chi connectivity index (χ2v) is 4.52. The monoisotopic (exact) mass is 253 g/mol. The van der Waals surface area contributed by atoms with Crippen molar-refractivity contribution in [1.82, 2.24) is 4.90 Å². The second kappa shape index (κ2) is 6.50. The molecule has 1 aromatic rings. The van der Waals surface area contributed by atoms with Crippen LogP contribution in [0, 0.1) is 0 Å². The number of phenolic OH excluding ortho intramolecular Hbond substituents is 1. The number of methoxy groups -OCH3 is 2. The molecule has 0 amide bonds. The Kier molecular flexibility index (Phi) is 5.28. The summed E-state index contributed by atoms with van der Waals surface area (Å²) in [5.41, 5.74) is 1.06. The summed E-state index contributed by atoms with van der Waals surface area (Å²) in [7, 11) is 5.16. The van der Waals surface area contributed by atoms with Crippen molar-refractivity contribution in [3.8, 4) is 17.2 Å². The van der Waals surface area contributed by atoms with Gasteiger partial charge in [0, 0.05) is 12.6 Å². The largest absolute Gasteiger partial charge is 0.502 e. The quantitative estimate of drug-likeness (QED) is 0.846. The fourth-order valence-electron chi connectivity index (χ4n) is 1.79. The number of rotatable bonds is 6. The van der Waals surface area contributed by atoms with Gasteiger partial charge in [-0.2, -0.15) is 0 Å². The molecule has 1 aromatic carbocycles. The lowest BCUT2D eigenvalue weighted by Crippen LogP contribution is -2.27. The van der Waals surface area contributed by atoms with Crippen LogP contribution in [0.25, 0.3) is 0 Å². The molecular weight excluding hydrogens is 230 g/mol. The second-order valence-electron chi connectivity index (χ2n) is 4.52. The van der Waals surface area contributed by atoms with Gasteiger partial charge >= 0.3 is 0 Å². The molecule has 102 valence electrons. The number of hydrogen-bond acceptors (Lipinski definition) is 4. The van der Waals surface area contributed by atoms with E-state index in [0.29, 0.717) is 17.5 Å². The molecule has 0 spiro atoms. The highest BCUT2D eigenvalue weighted by atomic mass is 16.5. The third kappa shape index (κ3) is 3.29. The summed E-state index contributed by atoms with van der Waals surface area (Å²) < 4.78 is 10.3. The standard InChI is InChI=1S/C14H23NO3/c1-6-10(2)15(3)9-11-7-12(17-4)14(16)13(8-11)18-5/h7-8,10,16H,6,9H2,1-5H3. The van der Waals surface area contributed by atoms with Crippen LogP contribution < -0.4 is 9.47 Å². The van der Waals surface area contributed by atoms with E-state index < -0.39 is 0 Å². The predicted molar refractivity (Wildman–Crippen MR) is 72.4 cm³/mol. The Morgan fingerprint density at radius 2 is 1.72 bits per heavy atom. The van der Waals surface area contributed by atoms with E-state index in [4.69, 9.17) is 9.47 Å². The van der Waals surface area contributed by atoms with Crippen molar-refractivity contribution in [2.45, 2.75) is 32.9 Å². The van der Waals surface area contributed by atoms with Crippen LogP contribution in [0.3, 0.4) is 0 Å². The van der Waals surface area contributed by atoms with Gasteiger partial charge in [-0.05, 0) is 38.1 Å². The Morgan fingerprint density at radius 3 is 2.11 bits per heavy atom. The van der Waals surface area contributed by atoms with Crippen LogP contribution in [0.1, 0.15) is 25.8 Å². The van der Waals surface area contributed by atoms with Crippen LogP contribution in [-0.2, 0) is 6.54 Å². The fourth-order valence-corrected chi connectivity index (χ4v) is 1.79. The highest BCUT2D eigenvalue weighted by molar-refractivity contribution is 5.52. The molecule has 0 aliphatic rings. The van der Waals surface area contributed by atoms with Gasteiger partial charge in [-0.3, -0.25) is 4.90 Å². The molecular formula is C14H23NO3. The summed E-state index contributed by atoms with van der Waals surface area (Å²) in [6.45, 7) is 5.15. The zero-order valence-electron chi connectivity index (χ0n) is 11.9. The highest BCUT2D eigenvalue weighted by Crippen LogP contribution is 2.37. The fraction of sp³-hybridized carbons (Fsp3) is 0.571. The predicted octanol–water partition coefficient (Wildman–Crippen LogP) is 2.64. The van der Waals surface area contributed by atoms with E-state index in [1.807, 2.05) is 12.1 Å². The lowest BCUT2D eigenvalue weighted by Gasteiger charge is -2.24. The van der Waals surface area contributed by atoms with Gasteiger partial charge in [-0.15, -0.1) is 0 Å². The molecule has 0 aliphatic heterocycles. The number of aromatic hydroxyl groups is 1. The van der Waals surface area contributed by atoms with Crippen LogP contribution in [-0.4, -0.2) is 37.3 Å². The molecule has 4 nitrogen and oxygen atoms in total. The molecule has 1 unspecified atom stereocenters. The van der Waals surface area contributed by atoms with E-state index in [2.05, 4.69) is 25.8 Å². The lowest BCUT2D eigenvalue weighted by atomic mass is 10.1. The van der Waals surface area contributed by atoms with Gasteiger partial charge in [0.1, 0.15) is 0 Å². The number of ether oxygens (including phenoxy) is 2. The minimum Gasteiger partial charge on any atom is -0.502 e. The average molecular weight is 253 g/mol. The molecule has 1 N–H and O–H groups in total. The minimum absolute atomic E-state index is 0.0509. The molecule has 0 saturated heterocycles. The SMILES string of the molecule is CCC(C)N(C)Cc1cc(OC)c(O)c(OC)c1. The first-order chi connectivity index (χ1) is 8.53. The van der Waals surface area contributed by atoms with E-state index in [1.54, 1.807) is 0 Å². The Morgan fingerprint density at radius 1 is 1.22 bits per heavy atom. The van der Waals surface area contributed by atoms with Crippen LogP contribution in [0.15, 0.2) is 12.1 Å². The van der Waals surface area contributed by atoms with Crippen LogP contribution in [0.2, 0.25) is 0 Å². The molecule has 0 fully saturated rings. The van der Waals surface area contributed by atoms with Gasteiger partial charge in [-0.25, -0.2) is 0 Å². The van der Waals surface area contributed by atoms with E-state index in [0.717, 1.165) is 18.5 Å². The van der Waals surface area contributed by atoms with E-state index in [9.17, 15) is 5.11 Å². The molecule has 1 atom stereocenters. The summed E-state index contributed by atoms with van der Waals surface area (Å²) in [6.07, 6.45) is 1.10. The minimum atomic E-state index is 0.0509. The first-order valence-corrected chi connectivity index (χ1v) is 6.17. The smallest absolute Gasteiger partial charge is 0.200 e. The third-order valence-corrected chi connectivity index (χ3v) is 3.31. The van der Waals surface area contributed by atoms with Crippen molar-refractivity contribution >= 4 is 0 Å².